The lowest BCUT2D eigenvalue weighted by atomic mass is 10.0. The zero-order chi connectivity index (χ0) is 39.7. The van der Waals surface area contributed by atoms with Crippen molar-refractivity contribution in [3.8, 4) is 11.1 Å². The SMILES string of the molecule is COC(=O)c1c(-c2ccc(C)cc2)csc1NC(=O)C(Sc1cccc(NC(=O)/C(=C\c2cccc3ccccc23)NC(=O)c2ccccc2)c1)c1ccccc1. The van der Waals surface area contributed by atoms with E-state index in [2.05, 4.69) is 16.0 Å². The van der Waals surface area contributed by atoms with Crippen LogP contribution in [0.1, 0.15) is 42.7 Å². The van der Waals surface area contributed by atoms with E-state index in [1.165, 1.54) is 30.2 Å². The molecule has 1 aromatic heterocycles. The highest BCUT2D eigenvalue weighted by atomic mass is 32.2. The number of nitrogens with one attached hydrogen (secondary N) is 3. The van der Waals surface area contributed by atoms with Crippen LogP contribution in [0.15, 0.2) is 168 Å². The molecule has 0 spiro atoms. The monoisotopic (exact) mass is 787 g/mol. The molecule has 0 radical (unpaired) electrons. The highest BCUT2D eigenvalue weighted by Gasteiger charge is 2.27. The fourth-order valence-electron chi connectivity index (χ4n) is 6.23. The first-order valence-corrected chi connectivity index (χ1v) is 19.8. The number of carbonyl (C=O) groups is 4. The minimum Gasteiger partial charge on any atom is -0.465 e. The summed E-state index contributed by atoms with van der Waals surface area (Å²) < 4.78 is 5.15. The molecule has 10 heteroatoms. The van der Waals surface area contributed by atoms with Crippen molar-refractivity contribution in [2.45, 2.75) is 17.1 Å². The summed E-state index contributed by atoms with van der Waals surface area (Å²) in [6.45, 7) is 1.99. The van der Waals surface area contributed by atoms with Crippen LogP contribution < -0.4 is 16.0 Å². The molecule has 6 aromatic carbocycles. The molecule has 8 nitrogen and oxygen atoms in total. The van der Waals surface area contributed by atoms with E-state index in [1.807, 2.05) is 121 Å². The predicted octanol–water partition coefficient (Wildman–Crippen LogP) is 10.5. The molecule has 3 N–H and O–H groups in total. The highest BCUT2D eigenvalue weighted by Crippen LogP contribution is 2.40. The maximum Gasteiger partial charge on any atom is 0.341 e. The van der Waals surface area contributed by atoms with Gasteiger partial charge in [0.15, 0.2) is 0 Å². The van der Waals surface area contributed by atoms with Gasteiger partial charge < -0.3 is 20.7 Å². The molecule has 57 heavy (non-hydrogen) atoms. The molecule has 0 saturated heterocycles. The van der Waals surface area contributed by atoms with Crippen LogP contribution in [0, 0.1) is 6.92 Å². The van der Waals surface area contributed by atoms with Crippen molar-refractivity contribution in [3.05, 3.63) is 191 Å². The number of thioether (sulfide) groups is 1. The van der Waals surface area contributed by atoms with Gasteiger partial charge in [-0.2, -0.15) is 0 Å². The summed E-state index contributed by atoms with van der Waals surface area (Å²) in [5.74, 6) is -1.84. The van der Waals surface area contributed by atoms with E-state index in [0.29, 0.717) is 26.7 Å². The number of methoxy groups -OCH3 is 1. The summed E-state index contributed by atoms with van der Waals surface area (Å²) in [4.78, 5) is 55.4. The molecule has 1 heterocycles. The van der Waals surface area contributed by atoms with Gasteiger partial charge in [0.25, 0.3) is 11.8 Å². The molecule has 3 amide bonds. The Morgan fingerprint density at radius 2 is 1.42 bits per heavy atom. The third-order valence-electron chi connectivity index (χ3n) is 9.12. The Bertz CT molecular complexity index is 2600. The smallest absolute Gasteiger partial charge is 0.341 e. The number of carbonyl (C=O) groups excluding carboxylic acids is 4. The number of anilines is 2. The molecule has 0 saturated carbocycles. The third-order valence-corrected chi connectivity index (χ3v) is 11.3. The number of rotatable bonds is 12. The lowest BCUT2D eigenvalue weighted by Gasteiger charge is -2.18. The molecule has 7 aromatic rings. The van der Waals surface area contributed by atoms with E-state index < -0.39 is 23.0 Å². The molecule has 0 aliphatic carbocycles. The van der Waals surface area contributed by atoms with E-state index in [1.54, 1.807) is 48.5 Å². The summed E-state index contributed by atoms with van der Waals surface area (Å²) in [6.07, 6.45) is 1.67. The van der Waals surface area contributed by atoms with Gasteiger partial charge in [-0.05, 0) is 70.8 Å². The van der Waals surface area contributed by atoms with Gasteiger partial charge in [-0.1, -0.05) is 127 Å². The van der Waals surface area contributed by atoms with Gasteiger partial charge in [-0.25, -0.2) is 4.79 Å². The number of amides is 3. The number of hydrogen-bond donors (Lipinski definition) is 3. The molecule has 1 unspecified atom stereocenters. The van der Waals surface area contributed by atoms with Crippen LogP contribution in [0.3, 0.4) is 0 Å². The minimum atomic E-state index is -0.737. The maximum atomic E-state index is 14.2. The van der Waals surface area contributed by atoms with E-state index in [4.69, 9.17) is 4.74 Å². The molecule has 0 aliphatic rings. The number of hydrogen-bond acceptors (Lipinski definition) is 7. The first kappa shape index (κ1) is 38.5. The van der Waals surface area contributed by atoms with Crippen molar-refractivity contribution in [1.29, 1.82) is 0 Å². The predicted molar refractivity (Wildman–Crippen MR) is 230 cm³/mol. The average molecular weight is 788 g/mol. The summed E-state index contributed by atoms with van der Waals surface area (Å²) >= 11 is 2.55. The Morgan fingerprint density at radius 1 is 0.737 bits per heavy atom. The summed E-state index contributed by atoms with van der Waals surface area (Å²) in [7, 11) is 1.32. The van der Waals surface area contributed by atoms with Gasteiger partial charge in [0.2, 0.25) is 5.91 Å². The standard InChI is InChI=1S/C47H37N3O5S2/c1-30-23-25-32(26-24-30)39-29-56-46(41(39)47(54)55-2)50-45(53)42(33-14-5-3-6-15-33)57-37-21-12-20-36(28-37)48-44(52)40(49-43(51)34-16-7-4-8-17-34)27-35-19-11-18-31-13-9-10-22-38(31)35/h3-29,42H,1-2H3,(H,48,52)(H,49,51)(H,50,53)/b40-27+. The second-order valence-corrected chi connectivity index (χ2v) is 15.1. The van der Waals surface area contributed by atoms with Crippen LogP contribution in [-0.4, -0.2) is 30.8 Å². The topological polar surface area (TPSA) is 114 Å². The molecule has 7 rings (SSSR count). The fourth-order valence-corrected chi connectivity index (χ4v) is 8.28. The van der Waals surface area contributed by atoms with Crippen LogP contribution in [0.2, 0.25) is 0 Å². The van der Waals surface area contributed by atoms with Gasteiger partial charge in [0.05, 0.1) is 7.11 Å². The number of ether oxygens (including phenoxy) is 1. The fraction of sp³-hybridized carbons (Fsp3) is 0.0638. The van der Waals surface area contributed by atoms with Crippen LogP contribution in [0.5, 0.6) is 0 Å². The Labute approximate surface area is 338 Å². The molecule has 282 valence electrons. The number of fused-ring (bicyclic) bond motifs is 1. The van der Waals surface area contributed by atoms with Crippen molar-refractivity contribution in [3.63, 3.8) is 0 Å². The second-order valence-electron chi connectivity index (χ2n) is 13.0. The second kappa shape index (κ2) is 17.8. The van der Waals surface area contributed by atoms with Gasteiger partial charge in [0, 0.05) is 27.1 Å². The summed E-state index contributed by atoms with van der Waals surface area (Å²) in [5, 5.41) is 12.2. The molecular weight excluding hydrogens is 751 g/mol. The normalized spacial score (nSPS) is 11.7. The zero-order valence-corrected chi connectivity index (χ0v) is 32.7. The van der Waals surface area contributed by atoms with Gasteiger partial charge >= 0.3 is 5.97 Å². The Hall–Kier alpha value is -6.75. The average Bonchev–Trinajstić information content (AvgIpc) is 3.66. The van der Waals surface area contributed by atoms with Crippen molar-refractivity contribution >= 4 is 74.3 Å². The molecule has 0 aliphatic heterocycles. The highest BCUT2D eigenvalue weighted by molar-refractivity contribution is 8.00. The van der Waals surface area contributed by atoms with Crippen molar-refractivity contribution in [2.75, 3.05) is 17.7 Å². The van der Waals surface area contributed by atoms with Crippen molar-refractivity contribution in [1.82, 2.24) is 5.32 Å². The van der Waals surface area contributed by atoms with E-state index >= 15 is 0 Å². The first-order valence-electron chi connectivity index (χ1n) is 18.0. The Balaban J connectivity index is 1.16. The number of esters is 1. The largest absolute Gasteiger partial charge is 0.465 e. The molecule has 1 atom stereocenters. The lowest BCUT2D eigenvalue weighted by molar-refractivity contribution is -0.116. The quantitative estimate of drug-likeness (QED) is 0.0646. The lowest BCUT2D eigenvalue weighted by Crippen LogP contribution is -2.30. The van der Waals surface area contributed by atoms with E-state index in [0.717, 1.165) is 33.0 Å². The molecule has 0 bridgehead atoms. The van der Waals surface area contributed by atoms with Crippen molar-refractivity contribution in [2.24, 2.45) is 0 Å². The van der Waals surface area contributed by atoms with E-state index in [9.17, 15) is 19.2 Å². The van der Waals surface area contributed by atoms with Gasteiger partial charge in [-0.3, -0.25) is 14.4 Å². The van der Waals surface area contributed by atoms with Gasteiger partial charge in [0.1, 0.15) is 21.5 Å². The Morgan fingerprint density at radius 3 is 2.18 bits per heavy atom. The number of benzene rings is 6. The first-order chi connectivity index (χ1) is 27.8. The Kier molecular flexibility index (Phi) is 12.0. The van der Waals surface area contributed by atoms with Crippen LogP contribution >= 0.6 is 23.1 Å². The van der Waals surface area contributed by atoms with E-state index in [-0.39, 0.29) is 17.2 Å². The van der Waals surface area contributed by atoms with Gasteiger partial charge in [-0.15, -0.1) is 23.1 Å². The van der Waals surface area contributed by atoms with Crippen molar-refractivity contribution < 1.29 is 23.9 Å². The number of thiophene rings is 1. The zero-order valence-electron chi connectivity index (χ0n) is 31.0. The minimum absolute atomic E-state index is 0.0576. The summed E-state index contributed by atoms with van der Waals surface area (Å²) in [6, 6.07) is 46.6. The van der Waals surface area contributed by atoms with Crippen LogP contribution in [0.25, 0.3) is 28.0 Å². The third kappa shape index (κ3) is 9.21. The maximum absolute atomic E-state index is 14.2. The van der Waals surface area contributed by atoms with Crippen LogP contribution in [-0.2, 0) is 14.3 Å². The van der Waals surface area contributed by atoms with Crippen LogP contribution in [0.4, 0.5) is 10.7 Å². The number of aryl methyl sites for hydroxylation is 1. The molecular formula is C47H37N3O5S2. The summed E-state index contributed by atoms with van der Waals surface area (Å²) in [5.41, 5.74) is 5.31. The molecule has 0 fully saturated rings.